The molecule has 0 amide bonds. The van der Waals surface area contributed by atoms with Gasteiger partial charge in [-0.25, -0.2) is 4.79 Å². The Bertz CT molecular complexity index is 1130. The maximum absolute atomic E-state index is 12.1. The second kappa shape index (κ2) is 7.33. The summed E-state index contributed by atoms with van der Waals surface area (Å²) in [5.74, 6) is -0.865. The van der Waals surface area contributed by atoms with Crippen LogP contribution >= 0.6 is 0 Å². The van der Waals surface area contributed by atoms with Crippen molar-refractivity contribution in [3.05, 3.63) is 64.6 Å². The van der Waals surface area contributed by atoms with Crippen molar-refractivity contribution in [1.29, 1.82) is 0 Å². The van der Waals surface area contributed by atoms with Crippen molar-refractivity contribution in [2.75, 3.05) is 37.3 Å². The number of nitrogens with zero attached hydrogens (tertiary/aromatic N) is 3. The fraction of sp³-hybridized carbons (Fsp3) is 0.316. The number of hydrogen-bond donors (Lipinski definition) is 0. The lowest BCUT2D eigenvalue weighted by molar-refractivity contribution is 0.249. The van der Waals surface area contributed by atoms with Gasteiger partial charge in [-0.15, -0.1) is 0 Å². The molecule has 0 spiro atoms. The minimum Gasteiger partial charge on any atom is -0.403 e. The van der Waals surface area contributed by atoms with Gasteiger partial charge in [0.05, 0.1) is 11.9 Å². The zero-order chi connectivity index (χ0) is 19.7. The van der Waals surface area contributed by atoms with E-state index in [0.29, 0.717) is 15.8 Å². The van der Waals surface area contributed by atoms with Crippen LogP contribution in [-0.4, -0.2) is 50.5 Å². The van der Waals surface area contributed by atoms with E-state index >= 15 is 0 Å². The van der Waals surface area contributed by atoms with Crippen molar-refractivity contribution in [3.8, 4) is 0 Å². The van der Waals surface area contributed by atoms with Gasteiger partial charge in [-0.1, -0.05) is 41.1 Å². The van der Waals surface area contributed by atoms with Gasteiger partial charge in [-0.3, -0.25) is 9.18 Å². The molecule has 9 heteroatoms. The zero-order valence-corrected chi connectivity index (χ0v) is 16.3. The molecule has 1 aliphatic rings. The van der Waals surface area contributed by atoms with Gasteiger partial charge in [0.2, 0.25) is 0 Å². The number of hydrogen-bond acceptors (Lipinski definition) is 7. The molecule has 4 rings (SSSR count). The molecule has 1 aromatic heterocycles. The van der Waals surface area contributed by atoms with Crippen molar-refractivity contribution in [3.63, 3.8) is 0 Å². The van der Waals surface area contributed by atoms with Gasteiger partial charge < -0.3 is 9.32 Å². The fourth-order valence-electron chi connectivity index (χ4n) is 3.45. The van der Waals surface area contributed by atoms with Gasteiger partial charge in [0.25, 0.3) is 0 Å². The molecule has 0 unspecified atom stereocenters. The van der Waals surface area contributed by atoms with E-state index in [1.54, 1.807) is 12.1 Å². The molecule has 148 valence electrons. The summed E-state index contributed by atoms with van der Waals surface area (Å²) < 4.78 is 33.6. The second-order valence-corrected chi connectivity index (χ2v) is 8.37. The van der Waals surface area contributed by atoms with Gasteiger partial charge in [0.15, 0.2) is 5.58 Å². The lowest BCUT2D eigenvalue weighted by atomic mass is 10.2. The molecule has 1 aliphatic heterocycles. The third-order valence-corrected chi connectivity index (χ3v) is 5.14. The molecule has 2 heterocycles. The Morgan fingerprint density at radius 2 is 1.71 bits per heavy atom. The Hall–Kier alpha value is -2.78. The molecular weight excluding hydrogens is 382 g/mol. The van der Waals surface area contributed by atoms with Crippen LogP contribution in [0.15, 0.2) is 57.7 Å². The average molecular weight is 403 g/mol. The minimum atomic E-state index is -3.85. The van der Waals surface area contributed by atoms with Crippen molar-refractivity contribution in [1.82, 2.24) is 9.63 Å². The highest BCUT2D eigenvalue weighted by atomic mass is 32.2. The number of oxazole rings is 1. The van der Waals surface area contributed by atoms with E-state index in [1.807, 2.05) is 24.3 Å². The Balaban J connectivity index is 1.54. The van der Waals surface area contributed by atoms with Crippen LogP contribution in [0.3, 0.4) is 0 Å². The van der Waals surface area contributed by atoms with E-state index in [1.165, 1.54) is 5.56 Å². The smallest absolute Gasteiger partial charge is 0.403 e. The maximum Gasteiger partial charge on any atom is 0.454 e. The molecule has 0 saturated carbocycles. The van der Waals surface area contributed by atoms with Gasteiger partial charge in [-0.2, -0.15) is 8.42 Å². The van der Waals surface area contributed by atoms with Gasteiger partial charge >= 0.3 is 15.9 Å². The average Bonchev–Trinajstić information content (AvgIpc) is 2.97. The van der Waals surface area contributed by atoms with E-state index in [2.05, 4.69) is 21.9 Å². The van der Waals surface area contributed by atoms with Gasteiger partial charge in [-0.05, 0) is 17.7 Å². The number of anilines is 1. The normalized spacial score (nSPS) is 15.8. The fourth-order valence-corrected chi connectivity index (χ4v) is 3.86. The highest BCUT2D eigenvalue weighted by Crippen LogP contribution is 2.27. The molecule has 0 N–H and O–H groups in total. The maximum atomic E-state index is 12.1. The quantitative estimate of drug-likeness (QED) is 0.635. The van der Waals surface area contributed by atoms with Crippen LogP contribution in [0.4, 0.5) is 5.69 Å². The standard InChI is InChI=1S/C19H21N3O5S/c1-28(24,25)27-22-17-9-5-8-16(18(17)26-19(22)23)21-12-10-20(11-13-21)14-15-6-3-2-4-7-15/h2-9H,10-14H2,1H3. The topological polar surface area (TPSA) is 85.0 Å². The Morgan fingerprint density at radius 1 is 1.00 bits per heavy atom. The summed E-state index contributed by atoms with van der Waals surface area (Å²) in [7, 11) is -3.85. The second-order valence-electron chi connectivity index (χ2n) is 6.82. The highest BCUT2D eigenvalue weighted by molar-refractivity contribution is 7.86. The number of para-hydroxylation sites is 1. The lowest BCUT2D eigenvalue weighted by Gasteiger charge is -2.36. The minimum absolute atomic E-state index is 0.291. The van der Waals surface area contributed by atoms with Crippen molar-refractivity contribution in [2.24, 2.45) is 0 Å². The molecule has 0 bridgehead atoms. The number of piperazine rings is 1. The van der Waals surface area contributed by atoms with E-state index in [9.17, 15) is 13.2 Å². The van der Waals surface area contributed by atoms with Crippen LogP contribution in [0.5, 0.6) is 0 Å². The first-order valence-corrected chi connectivity index (χ1v) is 10.8. The third-order valence-electron chi connectivity index (χ3n) is 4.72. The summed E-state index contributed by atoms with van der Waals surface area (Å²) in [4.78, 5) is 16.6. The van der Waals surface area contributed by atoms with Crippen LogP contribution in [-0.2, 0) is 16.7 Å². The molecule has 2 aromatic carbocycles. The molecule has 28 heavy (non-hydrogen) atoms. The summed E-state index contributed by atoms with van der Waals surface area (Å²) in [6, 6.07) is 15.5. The van der Waals surface area contributed by atoms with Crippen LogP contribution in [0, 0.1) is 0 Å². The first-order chi connectivity index (χ1) is 13.4. The number of fused-ring (bicyclic) bond motifs is 1. The number of benzene rings is 2. The van der Waals surface area contributed by atoms with Crippen molar-refractivity contribution < 1.29 is 17.1 Å². The molecule has 0 atom stereocenters. The SMILES string of the molecule is CS(=O)(=O)On1c(=O)oc2c(N3CCN(Cc4ccccc4)CC3)cccc21. The van der Waals surface area contributed by atoms with Crippen LogP contribution in [0.25, 0.3) is 11.1 Å². The predicted octanol–water partition coefficient (Wildman–Crippen LogP) is 1.30. The highest BCUT2D eigenvalue weighted by Gasteiger charge is 2.23. The van der Waals surface area contributed by atoms with Gasteiger partial charge in [0, 0.05) is 32.7 Å². The Kier molecular flexibility index (Phi) is 4.86. The first kappa shape index (κ1) is 18.6. The van der Waals surface area contributed by atoms with E-state index in [-0.39, 0.29) is 0 Å². The Morgan fingerprint density at radius 3 is 2.39 bits per heavy atom. The first-order valence-electron chi connectivity index (χ1n) is 8.96. The van der Waals surface area contributed by atoms with Crippen molar-refractivity contribution >= 4 is 26.9 Å². The molecule has 1 saturated heterocycles. The molecule has 0 radical (unpaired) electrons. The van der Waals surface area contributed by atoms with Gasteiger partial charge in [0.1, 0.15) is 5.52 Å². The molecule has 8 nitrogen and oxygen atoms in total. The van der Waals surface area contributed by atoms with Crippen LogP contribution < -0.4 is 14.9 Å². The Labute approximate surface area is 162 Å². The molecule has 0 aliphatic carbocycles. The summed E-state index contributed by atoms with van der Waals surface area (Å²) in [6.07, 6.45) is 0.883. The number of aromatic nitrogens is 1. The van der Waals surface area contributed by atoms with Crippen LogP contribution in [0.1, 0.15) is 5.56 Å². The summed E-state index contributed by atoms with van der Waals surface area (Å²) in [6.45, 7) is 4.18. The lowest BCUT2D eigenvalue weighted by Crippen LogP contribution is -2.46. The molecular formula is C19H21N3O5S. The largest absolute Gasteiger partial charge is 0.454 e. The zero-order valence-electron chi connectivity index (χ0n) is 15.4. The van der Waals surface area contributed by atoms with E-state index in [0.717, 1.165) is 44.7 Å². The molecule has 1 fully saturated rings. The van der Waals surface area contributed by atoms with Crippen molar-refractivity contribution in [2.45, 2.75) is 6.54 Å². The monoisotopic (exact) mass is 403 g/mol. The van der Waals surface area contributed by atoms with Crippen LogP contribution in [0.2, 0.25) is 0 Å². The molecule has 3 aromatic rings. The predicted molar refractivity (Wildman–Crippen MR) is 106 cm³/mol. The third kappa shape index (κ3) is 3.90. The summed E-state index contributed by atoms with van der Waals surface area (Å²) >= 11 is 0. The number of rotatable bonds is 5. The summed E-state index contributed by atoms with van der Waals surface area (Å²) in [5, 5.41) is 0. The van der Waals surface area contributed by atoms with E-state index in [4.69, 9.17) is 8.70 Å². The van der Waals surface area contributed by atoms with E-state index < -0.39 is 15.9 Å². The summed E-state index contributed by atoms with van der Waals surface area (Å²) in [5.41, 5.74) is 2.65.